The van der Waals surface area contributed by atoms with Crippen LogP contribution in [0.3, 0.4) is 0 Å². The Hall–Kier alpha value is -2.89. The summed E-state index contributed by atoms with van der Waals surface area (Å²) in [4.78, 5) is 23.9. The van der Waals surface area contributed by atoms with Gasteiger partial charge in [-0.2, -0.15) is 0 Å². The molecule has 0 aliphatic heterocycles. The highest BCUT2D eigenvalue weighted by atomic mass is 19.1. The van der Waals surface area contributed by atoms with Gasteiger partial charge in [0.1, 0.15) is 11.6 Å². The molecule has 0 saturated heterocycles. The number of rotatable bonds is 6. The SMILES string of the molecule is COc1cccc(NC(=O)[C@@H](C)OC(=O)Cc2ccc(F)cc2)c1. The smallest absolute Gasteiger partial charge is 0.311 e. The molecule has 0 aliphatic rings. The fraction of sp³-hybridized carbons (Fsp3) is 0.222. The second-order valence-electron chi connectivity index (χ2n) is 5.16. The Morgan fingerprint density at radius 3 is 2.54 bits per heavy atom. The van der Waals surface area contributed by atoms with E-state index in [1.807, 2.05) is 0 Å². The minimum Gasteiger partial charge on any atom is -0.497 e. The molecular weight excluding hydrogens is 313 g/mol. The molecule has 1 amide bonds. The zero-order valence-corrected chi connectivity index (χ0v) is 13.4. The van der Waals surface area contributed by atoms with Gasteiger partial charge >= 0.3 is 5.97 Å². The molecule has 0 fully saturated rings. The van der Waals surface area contributed by atoms with Gasteiger partial charge in [0.05, 0.1) is 13.5 Å². The number of amides is 1. The topological polar surface area (TPSA) is 64.6 Å². The van der Waals surface area contributed by atoms with Crippen molar-refractivity contribution in [2.24, 2.45) is 0 Å². The van der Waals surface area contributed by atoms with Crippen molar-refractivity contribution in [1.82, 2.24) is 0 Å². The lowest BCUT2D eigenvalue weighted by molar-refractivity contribution is -0.152. The van der Waals surface area contributed by atoms with E-state index in [1.165, 1.54) is 38.3 Å². The van der Waals surface area contributed by atoms with E-state index in [9.17, 15) is 14.0 Å². The van der Waals surface area contributed by atoms with Crippen LogP contribution in [0.2, 0.25) is 0 Å². The lowest BCUT2D eigenvalue weighted by Crippen LogP contribution is -2.30. The molecule has 0 bridgehead atoms. The molecule has 0 spiro atoms. The molecule has 0 saturated carbocycles. The minimum atomic E-state index is -0.954. The number of benzene rings is 2. The summed E-state index contributed by atoms with van der Waals surface area (Å²) in [6.07, 6.45) is -0.985. The maximum Gasteiger partial charge on any atom is 0.311 e. The highest BCUT2D eigenvalue weighted by Gasteiger charge is 2.18. The van der Waals surface area contributed by atoms with Gasteiger partial charge in [0.25, 0.3) is 5.91 Å². The number of nitrogens with one attached hydrogen (secondary N) is 1. The van der Waals surface area contributed by atoms with E-state index >= 15 is 0 Å². The van der Waals surface area contributed by atoms with Crippen molar-refractivity contribution in [1.29, 1.82) is 0 Å². The Balaban J connectivity index is 1.88. The molecule has 6 heteroatoms. The third-order valence-corrected chi connectivity index (χ3v) is 3.28. The molecule has 0 radical (unpaired) electrons. The molecule has 2 aromatic rings. The van der Waals surface area contributed by atoms with Crippen molar-refractivity contribution in [3.05, 3.63) is 59.9 Å². The molecular formula is C18H18FNO4. The van der Waals surface area contributed by atoms with Crippen LogP contribution < -0.4 is 10.1 Å². The second-order valence-corrected chi connectivity index (χ2v) is 5.16. The van der Waals surface area contributed by atoms with Crippen LogP contribution in [0, 0.1) is 5.82 Å². The van der Waals surface area contributed by atoms with Gasteiger partial charge in [-0.25, -0.2) is 4.39 Å². The summed E-state index contributed by atoms with van der Waals surface area (Å²) in [7, 11) is 1.53. The predicted octanol–water partition coefficient (Wildman–Crippen LogP) is 2.95. The van der Waals surface area contributed by atoms with E-state index in [0.717, 1.165) is 0 Å². The highest BCUT2D eigenvalue weighted by Crippen LogP contribution is 2.17. The number of anilines is 1. The van der Waals surface area contributed by atoms with Gasteiger partial charge in [-0.15, -0.1) is 0 Å². The first-order chi connectivity index (χ1) is 11.5. The number of carbonyl (C=O) groups is 2. The van der Waals surface area contributed by atoms with Crippen LogP contribution in [0.15, 0.2) is 48.5 Å². The lowest BCUT2D eigenvalue weighted by Gasteiger charge is -2.14. The number of methoxy groups -OCH3 is 1. The maximum absolute atomic E-state index is 12.8. The van der Waals surface area contributed by atoms with Crippen LogP contribution in [0.4, 0.5) is 10.1 Å². The predicted molar refractivity (Wildman–Crippen MR) is 87.3 cm³/mol. The first-order valence-electron chi connectivity index (χ1n) is 7.37. The van der Waals surface area contributed by atoms with Crippen molar-refractivity contribution in [2.75, 3.05) is 12.4 Å². The number of ether oxygens (including phenoxy) is 2. The van der Waals surface area contributed by atoms with Gasteiger partial charge < -0.3 is 14.8 Å². The summed E-state index contributed by atoms with van der Waals surface area (Å²) < 4.78 is 23.0. The van der Waals surface area contributed by atoms with Gasteiger partial charge in [-0.05, 0) is 36.8 Å². The molecule has 0 aliphatic carbocycles. The summed E-state index contributed by atoms with van der Waals surface area (Å²) in [6.45, 7) is 1.48. The zero-order chi connectivity index (χ0) is 17.5. The van der Waals surface area contributed by atoms with E-state index < -0.39 is 18.0 Å². The third-order valence-electron chi connectivity index (χ3n) is 3.28. The van der Waals surface area contributed by atoms with Gasteiger partial charge in [0.2, 0.25) is 0 Å². The van der Waals surface area contributed by atoms with Crippen molar-refractivity contribution in [2.45, 2.75) is 19.4 Å². The number of hydrogen-bond acceptors (Lipinski definition) is 4. The van der Waals surface area contributed by atoms with Crippen LogP contribution in [-0.2, 0) is 20.7 Å². The van der Waals surface area contributed by atoms with E-state index in [4.69, 9.17) is 9.47 Å². The summed E-state index contributed by atoms with van der Waals surface area (Å²) in [5.74, 6) is -0.780. The molecule has 2 aromatic carbocycles. The zero-order valence-electron chi connectivity index (χ0n) is 13.4. The van der Waals surface area contributed by atoms with E-state index in [1.54, 1.807) is 24.3 Å². The van der Waals surface area contributed by atoms with Crippen LogP contribution >= 0.6 is 0 Å². The van der Waals surface area contributed by atoms with Crippen LogP contribution in [-0.4, -0.2) is 25.1 Å². The molecule has 126 valence electrons. The van der Waals surface area contributed by atoms with Crippen LogP contribution in [0.25, 0.3) is 0 Å². The van der Waals surface area contributed by atoms with Gasteiger partial charge in [-0.1, -0.05) is 18.2 Å². The van der Waals surface area contributed by atoms with Gasteiger partial charge in [0.15, 0.2) is 6.10 Å². The third kappa shape index (κ3) is 5.08. The number of halogens is 1. The van der Waals surface area contributed by atoms with Crippen molar-refractivity contribution in [3.8, 4) is 5.75 Å². The molecule has 0 unspecified atom stereocenters. The number of carbonyl (C=O) groups excluding carboxylic acids is 2. The summed E-state index contributed by atoms with van der Waals surface area (Å²) in [5, 5.41) is 2.65. The minimum absolute atomic E-state index is 0.0307. The first-order valence-corrected chi connectivity index (χ1v) is 7.37. The molecule has 2 rings (SSSR count). The van der Waals surface area contributed by atoms with E-state index in [-0.39, 0.29) is 12.2 Å². The molecule has 5 nitrogen and oxygen atoms in total. The first kappa shape index (κ1) is 17.5. The van der Waals surface area contributed by atoms with Crippen molar-refractivity contribution >= 4 is 17.6 Å². The van der Waals surface area contributed by atoms with E-state index in [0.29, 0.717) is 17.0 Å². The molecule has 1 atom stereocenters. The normalized spacial score (nSPS) is 11.5. The van der Waals surface area contributed by atoms with Crippen molar-refractivity contribution < 1.29 is 23.5 Å². The summed E-state index contributed by atoms with van der Waals surface area (Å²) in [6, 6.07) is 12.4. The Labute approximate surface area is 139 Å². The Morgan fingerprint density at radius 2 is 1.88 bits per heavy atom. The monoisotopic (exact) mass is 331 g/mol. The van der Waals surface area contributed by atoms with E-state index in [2.05, 4.69) is 5.32 Å². The molecule has 0 aromatic heterocycles. The molecule has 24 heavy (non-hydrogen) atoms. The largest absolute Gasteiger partial charge is 0.497 e. The standard InChI is InChI=1S/C18H18FNO4/c1-12(18(22)20-15-4-3-5-16(11-15)23-2)24-17(21)10-13-6-8-14(19)9-7-13/h3-9,11-12H,10H2,1-2H3,(H,20,22)/t12-/m1/s1. The average Bonchev–Trinajstić information content (AvgIpc) is 2.57. The van der Waals surface area contributed by atoms with Crippen LogP contribution in [0.1, 0.15) is 12.5 Å². The summed E-state index contributed by atoms with van der Waals surface area (Å²) in [5.41, 5.74) is 1.16. The fourth-order valence-corrected chi connectivity index (χ4v) is 2.01. The Morgan fingerprint density at radius 1 is 1.17 bits per heavy atom. The van der Waals surface area contributed by atoms with Crippen LogP contribution in [0.5, 0.6) is 5.75 Å². The average molecular weight is 331 g/mol. The fourth-order valence-electron chi connectivity index (χ4n) is 2.01. The Bertz CT molecular complexity index is 715. The second kappa shape index (κ2) is 8.10. The maximum atomic E-state index is 12.8. The molecule has 1 N–H and O–H groups in total. The lowest BCUT2D eigenvalue weighted by atomic mass is 10.1. The van der Waals surface area contributed by atoms with Gasteiger partial charge in [0, 0.05) is 11.8 Å². The highest BCUT2D eigenvalue weighted by molar-refractivity contribution is 5.95. The van der Waals surface area contributed by atoms with Crippen molar-refractivity contribution in [3.63, 3.8) is 0 Å². The number of hydrogen-bond donors (Lipinski definition) is 1. The Kier molecular flexibility index (Phi) is 5.89. The summed E-state index contributed by atoms with van der Waals surface area (Å²) >= 11 is 0. The quantitative estimate of drug-likeness (QED) is 0.827. The molecule has 0 heterocycles. The number of esters is 1. The van der Waals surface area contributed by atoms with Gasteiger partial charge in [-0.3, -0.25) is 9.59 Å².